The lowest BCUT2D eigenvalue weighted by Crippen LogP contribution is -2.35. The third kappa shape index (κ3) is 3.97. The van der Waals surface area contributed by atoms with E-state index >= 15 is 0 Å². The topological polar surface area (TPSA) is 124 Å². The van der Waals surface area contributed by atoms with Crippen molar-refractivity contribution in [3.8, 4) is 33.6 Å². The largest absolute Gasteiger partial charge is 0.390 e. The van der Waals surface area contributed by atoms with Crippen molar-refractivity contribution in [1.82, 2.24) is 34.8 Å². The molecule has 4 heterocycles. The van der Waals surface area contributed by atoms with Crippen LogP contribution in [0.15, 0.2) is 55.2 Å². The van der Waals surface area contributed by atoms with Crippen molar-refractivity contribution in [2.45, 2.75) is 56.4 Å². The number of hydrogen-bond acceptors (Lipinski definition) is 7. The minimum absolute atomic E-state index is 0.0745. The summed E-state index contributed by atoms with van der Waals surface area (Å²) in [5, 5.41) is 33.8. The lowest BCUT2D eigenvalue weighted by atomic mass is 9.88. The van der Waals surface area contributed by atoms with E-state index in [1.54, 1.807) is 9.36 Å². The van der Waals surface area contributed by atoms with Gasteiger partial charge in [0.1, 0.15) is 0 Å². The molecule has 1 aliphatic heterocycles. The highest BCUT2D eigenvalue weighted by Crippen LogP contribution is 2.66. The fourth-order valence-electron chi connectivity index (χ4n) is 6.67. The Kier molecular flexibility index (Phi) is 5.51. The van der Waals surface area contributed by atoms with Crippen LogP contribution >= 0.6 is 0 Å². The third-order valence-electron chi connectivity index (χ3n) is 8.87. The Balaban J connectivity index is 1.23. The van der Waals surface area contributed by atoms with Crippen LogP contribution in [0.25, 0.3) is 33.6 Å². The molecule has 3 aromatic heterocycles. The number of aliphatic hydroxyl groups is 2. The molecule has 1 aromatic carbocycles. The van der Waals surface area contributed by atoms with E-state index in [1.165, 1.54) is 0 Å². The normalized spacial score (nSPS) is 30.4. The average molecular weight is 512 g/mol. The van der Waals surface area contributed by atoms with Gasteiger partial charge < -0.3 is 15.5 Å². The van der Waals surface area contributed by atoms with Gasteiger partial charge in [-0.2, -0.15) is 10.2 Å². The van der Waals surface area contributed by atoms with Crippen molar-refractivity contribution >= 4 is 0 Å². The molecule has 3 aliphatic rings. The predicted molar refractivity (Wildman–Crippen MR) is 143 cm³/mol. The quantitative estimate of drug-likeness (QED) is 0.351. The summed E-state index contributed by atoms with van der Waals surface area (Å²) in [6.07, 6.45) is 13.0. The Bertz CT molecular complexity index is 1500. The van der Waals surface area contributed by atoms with Gasteiger partial charge >= 0.3 is 0 Å². The van der Waals surface area contributed by atoms with E-state index in [2.05, 4.69) is 27.6 Å². The minimum Gasteiger partial charge on any atom is -0.390 e. The highest BCUT2D eigenvalue weighted by Gasteiger charge is 2.67. The molecular formula is C29H33N7O2. The van der Waals surface area contributed by atoms with Crippen molar-refractivity contribution < 1.29 is 10.2 Å². The predicted octanol–water partition coefficient (Wildman–Crippen LogP) is 3.26. The molecule has 4 aromatic rings. The van der Waals surface area contributed by atoms with Crippen LogP contribution in [-0.4, -0.2) is 58.0 Å². The second-order valence-corrected chi connectivity index (χ2v) is 11.4. The second kappa shape index (κ2) is 8.83. The smallest absolute Gasteiger partial charge is 0.159 e. The van der Waals surface area contributed by atoms with Gasteiger partial charge in [0.25, 0.3) is 0 Å². The SMILES string of the molecule is Cn1cc(-c2cccc(-c3ncc(-c4cnn(C)c4)c(C4NC4[C@H]4C[C@]45CCCC[C@@H](O)[C@H]5O)n3)c2)cn1. The van der Waals surface area contributed by atoms with Crippen LogP contribution in [-0.2, 0) is 14.1 Å². The van der Waals surface area contributed by atoms with Crippen LogP contribution < -0.4 is 5.32 Å². The number of aliphatic hydroxyl groups excluding tert-OH is 2. The number of nitrogens with one attached hydrogen (secondary N) is 1. The number of rotatable bonds is 5. The first-order valence-electron chi connectivity index (χ1n) is 13.5. The first kappa shape index (κ1) is 23.7. The molecule has 1 spiro atoms. The molecule has 38 heavy (non-hydrogen) atoms. The molecule has 2 unspecified atom stereocenters. The fraction of sp³-hybridized carbons (Fsp3) is 0.448. The minimum atomic E-state index is -0.646. The monoisotopic (exact) mass is 511 g/mol. The Morgan fingerprint density at radius 3 is 2.47 bits per heavy atom. The lowest BCUT2D eigenvalue weighted by molar-refractivity contribution is -0.0294. The van der Waals surface area contributed by atoms with E-state index in [0.29, 0.717) is 18.2 Å². The average Bonchev–Trinajstić information content (AvgIpc) is 3.78. The van der Waals surface area contributed by atoms with Crippen LogP contribution in [0, 0.1) is 11.3 Å². The zero-order chi connectivity index (χ0) is 26.0. The second-order valence-electron chi connectivity index (χ2n) is 11.4. The number of hydrogen-bond donors (Lipinski definition) is 3. The van der Waals surface area contributed by atoms with E-state index in [0.717, 1.165) is 59.2 Å². The van der Waals surface area contributed by atoms with Crippen molar-refractivity contribution in [3.05, 3.63) is 60.9 Å². The number of aromatic nitrogens is 6. The highest BCUT2D eigenvalue weighted by atomic mass is 16.3. The Morgan fingerprint density at radius 1 is 0.947 bits per heavy atom. The van der Waals surface area contributed by atoms with Gasteiger partial charge in [0.2, 0.25) is 0 Å². The first-order valence-corrected chi connectivity index (χ1v) is 13.5. The molecule has 0 radical (unpaired) electrons. The molecule has 9 nitrogen and oxygen atoms in total. The van der Waals surface area contributed by atoms with E-state index in [-0.39, 0.29) is 17.5 Å². The van der Waals surface area contributed by atoms with E-state index in [9.17, 15) is 10.2 Å². The van der Waals surface area contributed by atoms with Crippen LogP contribution in [0.1, 0.15) is 43.8 Å². The molecule has 1 saturated heterocycles. The van der Waals surface area contributed by atoms with Gasteiger partial charge in [-0.25, -0.2) is 9.97 Å². The first-order chi connectivity index (χ1) is 18.4. The molecule has 2 saturated carbocycles. The standard InChI is InChI=1S/C29H33N7O2/c1-35-15-19(12-31-35)17-6-5-7-18(10-17)28-30-14-21(20-13-32-36(2)16-20)24(34-28)26-25(33-26)22-11-29(22)9-4-3-8-23(37)27(29)38/h5-7,10,12-16,22-23,25-27,33,37-38H,3-4,8-9,11H2,1-2H3/t22-,23-,25?,26?,27-,29-/m1/s1. The van der Waals surface area contributed by atoms with Gasteiger partial charge in [-0.15, -0.1) is 0 Å². The van der Waals surface area contributed by atoms with E-state index in [1.807, 2.05) is 57.2 Å². The van der Waals surface area contributed by atoms with Gasteiger partial charge in [0, 0.05) is 66.4 Å². The van der Waals surface area contributed by atoms with Gasteiger partial charge in [0.05, 0.1) is 36.3 Å². The number of nitrogens with zero attached hydrogens (tertiary/aromatic N) is 6. The maximum Gasteiger partial charge on any atom is 0.159 e. The summed E-state index contributed by atoms with van der Waals surface area (Å²) >= 11 is 0. The third-order valence-corrected chi connectivity index (χ3v) is 8.87. The van der Waals surface area contributed by atoms with Crippen LogP contribution in [0.5, 0.6) is 0 Å². The van der Waals surface area contributed by atoms with Gasteiger partial charge in [-0.05, 0) is 36.8 Å². The molecule has 2 aliphatic carbocycles. The van der Waals surface area contributed by atoms with Crippen LogP contribution in [0.4, 0.5) is 0 Å². The molecule has 3 fully saturated rings. The zero-order valence-electron chi connectivity index (χ0n) is 21.7. The molecule has 7 rings (SSSR count). The highest BCUT2D eigenvalue weighted by molar-refractivity contribution is 5.71. The van der Waals surface area contributed by atoms with Crippen molar-refractivity contribution in [1.29, 1.82) is 0 Å². The molecular weight excluding hydrogens is 478 g/mol. The summed E-state index contributed by atoms with van der Waals surface area (Å²) in [5.74, 6) is 1.02. The van der Waals surface area contributed by atoms with Gasteiger partial charge in [0.15, 0.2) is 5.82 Å². The number of benzene rings is 1. The fourth-order valence-corrected chi connectivity index (χ4v) is 6.67. The maximum absolute atomic E-state index is 11.0. The summed E-state index contributed by atoms with van der Waals surface area (Å²) in [7, 11) is 3.82. The summed E-state index contributed by atoms with van der Waals surface area (Å²) < 4.78 is 3.59. The van der Waals surface area contributed by atoms with E-state index in [4.69, 9.17) is 9.97 Å². The van der Waals surface area contributed by atoms with Gasteiger partial charge in [-0.3, -0.25) is 9.36 Å². The molecule has 0 bridgehead atoms. The number of aryl methyl sites for hydroxylation is 2. The lowest BCUT2D eigenvalue weighted by Gasteiger charge is -2.25. The molecule has 0 amide bonds. The molecule has 9 heteroatoms. The van der Waals surface area contributed by atoms with Crippen LogP contribution in [0.2, 0.25) is 0 Å². The van der Waals surface area contributed by atoms with Gasteiger partial charge in [-0.1, -0.05) is 31.0 Å². The van der Waals surface area contributed by atoms with Crippen molar-refractivity contribution in [3.63, 3.8) is 0 Å². The zero-order valence-corrected chi connectivity index (χ0v) is 21.7. The van der Waals surface area contributed by atoms with Crippen LogP contribution in [0.3, 0.4) is 0 Å². The Morgan fingerprint density at radius 2 is 1.71 bits per heavy atom. The Labute approximate surface area is 221 Å². The summed E-state index contributed by atoms with van der Waals surface area (Å²) in [6, 6.07) is 8.56. The summed E-state index contributed by atoms with van der Waals surface area (Å²) in [6.45, 7) is 0. The van der Waals surface area contributed by atoms with Crippen molar-refractivity contribution in [2.75, 3.05) is 0 Å². The molecule has 3 N–H and O–H groups in total. The summed E-state index contributed by atoms with van der Waals surface area (Å²) in [5.41, 5.74) is 5.82. The Hall–Kier alpha value is -3.40. The van der Waals surface area contributed by atoms with E-state index < -0.39 is 12.2 Å². The maximum atomic E-state index is 11.0. The van der Waals surface area contributed by atoms with Crippen molar-refractivity contribution in [2.24, 2.45) is 25.4 Å². The molecule has 196 valence electrons. The molecule has 6 atom stereocenters. The summed E-state index contributed by atoms with van der Waals surface area (Å²) in [4.78, 5) is 9.91.